The highest BCUT2D eigenvalue weighted by atomic mass is 31.2. The van der Waals surface area contributed by atoms with Gasteiger partial charge in [-0.05, 0) is 61.4 Å². The van der Waals surface area contributed by atoms with Crippen LogP contribution >= 0.6 is 7.82 Å². The van der Waals surface area contributed by atoms with Gasteiger partial charge in [0.2, 0.25) is 6.29 Å². The zero-order valence-corrected chi connectivity index (χ0v) is 36.7. The van der Waals surface area contributed by atoms with Crippen LogP contribution in [0.25, 0.3) is 0 Å². The van der Waals surface area contributed by atoms with Gasteiger partial charge in [-0.1, -0.05) is 129 Å². The molecule has 54 heavy (non-hydrogen) atoms. The molecule has 1 aliphatic heterocycles. The van der Waals surface area contributed by atoms with Gasteiger partial charge in [-0.3, -0.25) is 18.4 Å². The molecule has 0 spiro atoms. The predicted molar refractivity (Wildman–Crippen MR) is 215 cm³/mol. The highest BCUT2D eigenvalue weighted by molar-refractivity contribution is 7.48. The van der Waals surface area contributed by atoms with Crippen molar-refractivity contribution in [3.63, 3.8) is 0 Å². The lowest BCUT2D eigenvalue weighted by molar-refractivity contribution is -0.304. The highest BCUT2D eigenvalue weighted by Crippen LogP contribution is 2.53. The minimum atomic E-state index is -4.22. The Morgan fingerprint density at radius 1 is 0.741 bits per heavy atom. The number of unbranched alkanes of at least 4 members (excludes halogenated alkanes) is 2. The summed E-state index contributed by atoms with van der Waals surface area (Å²) in [6, 6.07) is 19.6. The monoisotopic (exact) mass is 792 g/mol. The summed E-state index contributed by atoms with van der Waals surface area (Å²) in [5.41, 5.74) is 1.91. The smallest absolute Gasteiger partial charge is 0.454 e. The van der Waals surface area contributed by atoms with Crippen molar-refractivity contribution in [1.82, 2.24) is 0 Å². The normalized spacial score (nSPS) is 21.3. The van der Waals surface area contributed by atoms with E-state index in [4.69, 9.17) is 36.9 Å². The van der Waals surface area contributed by atoms with E-state index in [1.165, 1.54) is 0 Å². The number of ether oxygens (including phenoxy) is 4. The van der Waals surface area contributed by atoms with Crippen molar-refractivity contribution in [2.24, 2.45) is 5.41 Å². The second-order valence-corrected chi connectivity index (χ2v) is 23.3. The second kappa shape index (κ2) is 22.1. The summed E-state index contributed by atoms with van der Waals surface area (Å²) in [4.78, 5) is 13.8. The molecule has 0 unspecified atom stereocenters. The summed E-state index contributed by atoms with van der Waals surface area (Å²) < 4.78 is 66.3. The highest BCUT2D eigenvalue weighted by Gasteiger charge is 2.55. The van der Waals surface area contributed by atoms with Crippen LogP contribution in [0.15, 0.2) is 60.7 Å². The maximum atomic E-state index is 14.4. The van der Waals surface area contributed by atoms with Gasteiger partial charge >= 0.3 is 13.8 Å². The number of phosphoric ester groups is 1. The quantitative estimate of drug-likeness (QED) is 0.0467. The molecule has 0 N–H and O–H groups in total. The molecule has 10 nitrogen and oxygen atoms in total. The van der Waals surface area contributed by atoms with Gasteiger partial charge in [0.15, 0.2) is 14.4 Å². The summed E-state index contributed by atoms with van der Waals surface area (Å²) in [6.45, 7) is 23.6. The van der Waals surface area contributed by atoms with Crippen LogP contribution in [0.5, 0.6) is 0 Å². The van der Waals surface area contributed by atoms with Crippen LogP contribution in [0.1, 0.15) is 113 Å². The van der Waals surface area contributed by atoms with E-state index in [0.717, 1.165) is 24.0 Å². The average Bonchev–Trinajstić information content (AvgIpc) is 3.11. The molecule has 1 fully saturated rings. The molecular weight excluding hydrogens is 724 g/mol. The number of phosphoric acid groups is 1. The van der Waals surface area contributed by atoms with Gasteiger partial charge in [-0.25, -0.2) is 4.57 Å². The molecule has 3 rings (SSSR count). The van der Waals surface area contributed by atoms with E-state index in [0.29, 0.717) is 29.5 Å². The van der Waals surface area contributed by atoms with Crippen molar-refractivity contribution in [2.45, 2.75) is 162 Å². The van der Waals surface area contributed by atoms with Gasteiger partial charge < -0.3 is 23.4 Å². The lowest BCUT2D eigenvalue weighted by Crippen LogP contribution is -2.63. The minimum Gasteiger partial charge on any atom is -0.454 e. The summed E-state index contributed by atoms with van der Waals surface area (Å²) in [5.74, 6) is -0.506. The summed E-state index contributed by atoms with van der Waals surface area (Å²) in [7, 11) is -6.63. The Morgan fingerprint density at radius 3 is 1.63 bits per heavy atom. The van der Waals surface area contributed by atoms with Gasteiger partial charge in [-0.2, -0.15) is 0 Å². The summed E-state index contributed by atoms with van der Waals surface area (Å²) in [5, 5.41) is 0. The summed E-state index contributed by atoms with van der Waals surface area (Å²) in [6.07, 6.45) is -2.15. The minimum absolute atomic E-state index is 0.156. The molecule has 306 valence electrons. The van der Waals surface area contributed by atoms with E-state index in [1.807, 2.05) is 74.5 Å². The molecule has 0 radical (unpaired) electrons. The van der Waals surface area contributed by atoms with E-state index < -0.39 is 58.2 Å². The SMILES string of the molecule is CCCCOP(=O)(OCCCC)O[C@H]1O[C@@H](CO[Si](C(C)C)(C(C)C)C(C)C)[C@@H](OCc2ccccc2)[C@H](OCc2ccccc2)[C@H]1OC(=O)C(C)(C)C. The lowest BCUT2D eigenvalue weighted by atomic mass is 9.95. The third-order valence-corrected chi connectivity index (χ3v) is 17.5. The van der Waals surface area contributed by atoms with Crippen LogP contribution in [-0.2, 0) is 59.5 Å². The van der Waals surface area contributed by atoms with Crippen LogP contribution in [0.3, 0.4) is 0 Å². The second-order valence-electron chi connectivity index (χ2n) is 16.2. The zero-order chi connectivity index (χ0) is 39.9. The first-order chi connectivity index (χ1) is 25.6. The molecule has 1 aliphatic rings. The molecule has 2 aromatic rings. The molecule has 2 aromatic carbocycles. The average molecular weight is 793 g/mol. The molecule has 0 aliphatic carbocycles. The fraction of sp³-hybridized carbons (Fsp3) is 0.690. The van der Waals surface area contributed by atoms with E-state index >= 15 is 0 Å². The fourth-order valence-corrected chi connectivity index (χ4v) is 13.8. The van der Waals surface area contributed by atoms with Gasteiger partial charge in [-0.15, -0.1) is 0 Å². The molecule has 0 bridgehead atoms. The Morgan fingerprint density at radius 2 is 1.20 bits per heavy atom. The lowest BCUT2D eigenvalue weighted by Gasteiger charge is -2.48. The first-order valence-corrected chi connectivity index (χ1v) is 23.6. The van der Waals surface area contributed by atoms with Crippen LogP contribution in [-0.4, -0.2) is 64.8 Å². The van der Waals surface area contributed by atoms with E-state index in [1.54, 1.807) is 20.8 Å². The van der Waals surface area contributed by atoms with Crippen molar-refractivity contribution in [2.75, 3.05) is 19.8 Å². The molecule has 0 saturated carbocycles. The Kier molecular flexibility index (Phi) is 19.0. The topological polar surface area (TPSA) is 108 Å². The Hall–Kier alpha value is -1.92. The van der Waals surface area contributed by atoms with Crippen molar-refractivity contribution >= 4 is 22.1 Å². The maximum absolute atomic E-state index is 14.4. The first kappa shape index (κ1) is 46.5. The number of hydrogen-bond donors (Lipinski definition) is 0. The number of rotatable bonds is 23. The van der Waals surface area contributed by atoms with Crippen LogP contribution < -0.4 is 0 Å². The number of carbonyl (C=O) groups excluding carboxylic acids is 1. The molecule has 5 atom stereocenters. The number of carbonyl (C=O) groups is 1. The van der Waals surface area contributed by atoms with E-state index in [-0.39, 0.29) is 33.0 Å². The van der Waals surface area contributed by atoms with E-state index in [9.17, 15) is 9.36 Å². The first-order valence-electron chi connectivity index (χ1n) is 20.0. The van der Waals surface area contributed by atoms with Crippen LogP contribution in [0.4, 0.5) is 0 Å². The van der Waals surface area contributed by atoms with Gasteiger partial charge in [0.25, 0.3) is 0 Å². The Labute approximate surface area is 327 Å². The molecule has 0 aromatic heterocycles. The largest absolute Gasteiger partial charge is 0.477 e. The third kappa shape index (κ3) is 13.3. The van der Waals surface area contributed by atoms with Gasteiger partial charge in [0.1, 0.15) is 18.3 Å². The summed E-state index contributed by atoms with van der Waals surface area (Å²) >= 11 is 0. The number of esters is 1. The fourth-order valence-electron chi connectivity index (χ4n) is 7.04. The van der Waals surface area contributed by atoms with E-state index in [2.05, 4.69) is 41.5 Å². The number of benzene rings is 2. The van der Waals surface area contributed by atoms with Gasteiger partial charge in [0.05, 0.1) is 38.4 Å². The molecule has 1 heterocycles. The zero-order valence-electron chi connectivity index (χ0n) is 34.8. The predicted octanol–water partition coefficient (Wildman–Crippen LogP) is 10.8. The van der Waals surface area contributed by atoms with Gasteiger partial charge in [0, 0.05) is 0 Å². The standard InChI is InChI=1S/C42H69O10PSi/c1-12-14-26-47-53(44,48-27-15-13-2)52-40-39(51-41(43)42(9,10)11)38(46-29-35-24-20-17-21-25-35)37(45-28-34-22-18-16-19-23-34)36(50-40)30-49-54(31(3)4,32(5)6)33(7)8/h16-25,31-33,36-40H,12-15,26-30H2,1-11H3/t36-,37+,38-,39+,40+/m0/s1. The Balaban J connectivity index is 2.19. The Bertz CT molecular complexity index is 1370. The third-order valence-electron chi connectivity index (χ3n) is 9.95. The number of hydrogen-bond acceptors (Lipinski definition) is 10. The maximum Gasteiger partial charge on any atom is 0.477 e. The van der Waals surface area contributed by atoms with Crippen LogP contribution in [0.2, 0.25) is 16.6 Å². The van der Waals surface area contributed by atoms with Crippen LogP contribution in [0, 0.1) is 5.41 Å². The molecule has 0 amide bonds. The molecule has 1 saturated heterocycles. The van der Waals surface area contributed by atoms with Crippen molar-refractivity contribution in [1.29, 1.82) is 0 Å². The molecule has 12 heteroatoms. The van der Waals surface area contributed by atoms with Crippen molar-refractivity contribution in [3.05, 3.63) is 71.8 Å². The van der Waals surface area contributed by atoms with Crippen molar-refractivity contribution in [3.8, 4) is 0 Å². The van der Waals surface area contributed by atoms with Crippen molar-refractivity contribution < 1.29 is 46.3 Å². The molecular formula is C42H69O10PSi.